The minimum absolute atomic E-state index is 0. The molecule has 1 saturated heterocycles. The van der Waals surface area contributed by atoms with Crippen LogP contribution < -0.4 is 10.1 Å². The number of sulfonamides is 1. The summed E-state index contributed by atoms with van der Waals surface area (Å²) in [6, 6.07) is 3.66. The average Bonchev–Trinajstić information content (AvgIpc) is 2.52. The van der Waals surface area contributed by atoms with Gasteiger partial charge in [0.05, 0.1) is 7.11 Å². The average molecular weight is 377 g/mol. The fourth-order valence-corrected chi connectivity index (χ4v) is 4.99. The highest BCUT2D eigenvalue weighted by molar-refractivity contribution is 7.89. The van der Waals surface area contributed by atoms with E-state index in [0.717, 1.165) is 37.1 Å². The van der Waals surface area contributed by atoms with Crippen LogP contribution in [0.2, 0.25) is 0 Å². The minimum Gasteiger partial charge on any atom is -0.495 e. The molecule has 1 aliphatic rings. The second-order valence-corrected chi connectivity index (χ2v) is 8.17. The maximum Gasteiger partial charge on any atom is 0.246 e. The number of piperidine rings is 1. The van der Waals surface area contributed by atoms with E-state index < -0.39 is 10.0 Å². The summed E-state index contributed by atoms with van der Waals surface area (Å²) in [5.41, 5.74) is 1.79. The summed E-state index contributed by atoms with van der Waals surface area (Å²) in [4.78, 5) is 0.294. The van der Waals surface area contributed by atoms with Crippen LogP contribution in [0.5, 0.6) is 5.75 Å². The molecule has 0 unspecified atom stereocenters. The van der Waals surface area contributed by atoms with Crippen LogP contribution in [0, 0.1) is 19.8 Å². The number of aryl methyl sites for hydroxylation is 2. The summed E-state index contributed by atoms with van der Waals surface area (Å²) in [6.07, 6.45) is 1.80. The number of hydrogen-bond acceptors (Lipinski definition) is 4. The lowest BCUT2D eigenvalue weighted by atomic mass is 9.98. The maximum atomic E-state index is 13.0. The first-order chi connectivity index (χ1) is 10.9. The smallest absolute Gasteiger partial charge is 0.246 e. The molecule has 0 radical (unpaired) electrons. The van der Waals surface area contributed by atoms with Crippen molar-refractivity contribution in [3.05, 3.63) is 23.3 Å². The first-order valence-electron chi connectivity index (χ1n) is 8.26. The quantitative estimate of drug-likeness (QED) is 0.829. The molecule has 0 aliphatic carbocycles. The SMILES string of the molecule is CCNCC1CCN(S(=O)(=O)c2cc(C)cc(C)c2OC)CC1.Cl. The van der Waals surface area contributed by atoms with Gasteiger partial charge in [-0.15, -0.1) is 12.4 Å². The van der Waals surface area contributed by atoms with Gasteiger partial charge < -0.3 is 10.1 Å². The topological polar surface area (TPSA) is 58.6 Å². The molecule has 1 aromatic carbocycles. The number of halogens is 1. The highest BCUT2D eigenvalue weighted by atomic mass is 35.5. The van der Waals surface area contributed by atoms with E-state index >= 15 is 0 Å². The lowest BCUT2D eigenvalue weighted by Gasteiger charge is -2.31. The van der Waals surface area contributed by atoms with Crippen molar-refractivity contribution >= 4 is 22.4 Å². The van der Waals surface area contributed by atoms with Gasteiger partial charge in [-0.3, -0.25) is 0 Å². The Balaban J connectivity index is 0.00000288. The molecular formula is C17H29ClN2O3S. The fourth-order valence-electron chi connectivity index (χ4n) is 3.21. The van der Waals surface area contributed by atoms with Gasteiger partial charge in [-0.05, 0) is 62.9 Å². The Morgan fingerprint density at radius 2 is 1.88 bits per heavy atom. The van der Waals surface area contributed by atoms with Crippen LogP contribution in [0.25, 0.3) is 0 Å². The minimum atomic E-state index is -3.51. The Kier molecular flexibility index (Phi) is 7.99. The Labute approximate surface area is 152 Å². The van der Waals surface area contributed by atoms with E-state index in [2.05, 4.69) is 12.2 Å². The Morgan fingerprint density at radius 1 is 1.25 bits per heavy atom. The zero-order chi connectivity index (χ0) is 17.0. The molecule has 0 amide bonds. The van der Waals surface area contributed by atoms with E-state index in [1.807, 2.05) is 19.9 Å². The van der Waals surface area contributed by atoms with E-state index in [9.17, 15) is 8.42 Å². The van der Waals surface area contributed by atoms with Crippen LogP contribution in [-0.2, 0) is 10.0 Å². The van der Waals surface area contributed by atoms with Crippen LogP contribution in [0.1, 0.15) is 30.9 Å². The van der Waals surface area contributed by atoms with Gasteiger partial charge in [-0.1, -0.05) is 13.0 Å². The predicted octanol–water partition coefficient (Wildman–Crippen LogP) is 2.74. The zero-order valence-electron chi connectivity index (χ0n) is 15.0. The fraction of sp³-hybridized carbons (Fsp3) is 0.647. The summed E-state index contributed by atoms with van der Waals surface area (Å²) in [7, 11) is -1.98. The van der Waals surface area contributed by atoms with Crippen molar-refractivity contribution in [2.24, 2.45) is 5.92 Å². The molecule has 1 aromatic rings. The van der Waals surface area contributed by atoms with Gasteiger partial charge in [0.2, 0.25) is 10.0 Å². The highest BCUT2D eigenvalue weighted by Crippen LogP contribution is 2.33. The molecule has 1 aliphatic heterocycles. The Morgan fingerprint density at radius 3 is 2.42 bits per heavy atom. The van der Waals surface area contributed by atoms with E-state index in [1.165, 1.54) is 7.11 Å². The van der Waals surface area contributed by atoms with Crippen molar-refractivity contribution in [3.8, 4) is 5.75 Å². The largest absolute Gasteiger partial charge is 0.495 e. The molecule has 1 fully saturated rings. The number of nitrogens with zero attached hydrogens (tertiary/aromatic N) is 1. The van der Waals surface area contributed by atoms with Gasteiger partial charge in [0.1, 0.15) is 10.6 Å². The molecule has 0 atom stereocenters. The second-order valence-electron chi connectivity index (χ2n) is 6.27. The second kappa shape index (κ2) is 9.04. The van der Waals surface area contributed by atoms with Crippen molar-refractivity contribution in [1.29, 1.82) is 0 Å². The van der Waals surface area contributed by atoms with Crippen molar-refractivity contribution in [2.75, 3.05) is 33.3 Å². The molecule has 138 valence electrons. The molecular weight excluding hydrogens is 348 g/mol. The van der Waals surface area contributed by atoms with E-state index in [1.54, 1.807) is 10.4 Å². The van der Waals surface area contributed by atoms with Crippen LogP contribution in [0.4, 0.5) is 0 Å². The van der Waals surface area contributed by atoms with Crippen LogP contribution >= 0.6 is 12.4 Å². The number of hydrogen-bond donors (Lipinski definition) is 1. The number of ether oxygens (including phenoxy) is 1. The first kappa shape index (κ1) is 21.2. The van der Waals surface area contributed by atoms with Crippen LogP contribution in [0.3, 0.4) is 0 Å². The summed E-state index contributed by atoms with van der Waals surface area (Å²) >= 11 is 0. The lowest BCUT2D eigenvalue weighted by molar-refractivity contribution is 0.267. The van der Waals surface area contributed by atoms with Crippen molar-refractivity contribution < 1.29 is 13.2 Å². The van der Waals surface area contributed by atoms with Crippen molar-refractivity contribution in [3.63, 3.8) is 0 Å². The lowest BCUT2D eigenvalue weighted by Crippen LogP contribution is -2.40. The van der Waals surface area contributed by atoms with Gasteiger partial charge >= 0.3 is 0 Å². The third-order valence-electron chi connectivity index (χ3n) is 4.46. The molecule has 5 nitrogen and oxygen atoms in total. The van der Waals surface area contributed by atoms with Gasteiger partial charge in [0.15, 0.2) is 0 Å². The zero-order valence-corrected chi connectivity index (χ0v) is 16.6. The molecule has 24 heavy (non-hydrogen) atoms. The molecule has 7 heteroatoms. The molecule has 1 N–H and O–H groups in total. The summed E-state index contributed by atoms with van der Waals surface area (Å²) in [6.45, 7) is 8.96. The Bertz CT molecular complexity index is 641. The van der Waals surface area contributed by atoms with Gasteiger partial charge in [0.25, 0.3) is 0 Å². The molecule has 0 bridgehead atoms. The maximum absolute atomic E-state index is 13.0. The first-order valence-corrected chi connectivity index (χ1v) is 9.70. The monoisotopic (exact) mass is 376 g/mol. The van der Waals surface area contributed by atoms with Crippen molar-refractivity contribution in [1.82, 2.24) is 9.62 Å². The van der Waals surface area contributed by atoms with Gasteiger partial charge in [0, 0.05) is 13.1 Å². The normalized spacial score (nSPS) is 16.7. The summed E-state index contributed by atoms with van der Waals surface area (Å²) < 4.78 is 33.0. The molecule has 0 aromatic heterocycles. The molecule has 2 rings (SSSR count). The summed E-state index contributed by atoms with van der Waals surface area (Å²) in [5, 5.41) is 3.35. The van der Waals surface area contributed by atoms with E-state index in [0.29, 0.717) is 29.7 Å². The van der Waals surface area contributed by atoms with Gasteiger partial charge in [-0.2, -0.15) is 4.31 Å². The van der Waals surface area contributed by atoms with E-state index in [-0.39, 0.29) is 12.4 Å². The Hall–Kier alpha value is -0.820. The number of rotatable bonds is 6. The molecule has 0 saturated carbocycles. The van der Waals surface area contributed by atoms with Crippen LogP contribution in [0.15, 0.2) is 17.0 Å². The third-order valence-corrected chi connectivity index (χ3v) is 6.37. The predicted molar refractivity (Wildman–Crippen MR) is 99.7 cm³/mol. The number of benzene rings is 1. The highest BCUT2D eigenvalue weighted by Gasteiger charge is 2.32. The van der Waals surface area contributed by atoms with Crippen molar-refractivity contribution in [2.45, 2.75) is 38.5 Å². The van der Waals surface area contributed by atoms with Gasteiger partial charge in [-0.25, -0.2) is 8.42 Å². The third kappa shape index (κ3) is 4.63. The number of nitrogens with one attached hydrogen (secondary N) is 1. The van der Waals surface area contributed by atoms with Crippen LogP contribution in [-0.4, -0.2) is 46.0 Å². The molecule has 0 spiro atoms. The van der Waals surface area contributed by atoms with E-state index in [4.69, 9.17) is 4.74 Å². The molecule has 1 heterocycles. The number of methoxy groups -OCH3 is 1. The standard InChI is InChI=1S/C17H28N2O3S.ClH/c1-5-18-12-15-6-8-19(9-7-15)23(20,21)16-11-13(2)10-14(3)17(16)22-4;/h10-11,15,18H,5-9,12H2,1-4H3;1H. The summed E-state index contributed by atoms with van der Waals surface area (Å²) in [5.74, 6) is 1.02.